The van der Waals surface area contributed by atoms with Gasteiger partial charge in [-0.2, -0.15) is 23.3 Å². The molecule has 1 saturated carbocycles. The molecule has 0 saturated heterocycles. The molecular formula is C25H19F3N6O2. The number of benzene rings is 1. The maximum absolute atomic E-state index is 13.9. The van der Waals surface area contributed by atoms with Crippen LogP contribution in [0.25, 0.3) is 27.8 Å². The standard InChI is InChI=1S/C25H19F3N6O2/c1-35-23-18(12-31-24(32-23)36-2)21-11-17(22-30-6-7-34(22)33-21)16-10-15(16)13-8-19(25(26,27)28)14-4-3-5-29-20(14)9-13/h3-9,11-12,15-16H,10H2,1-2H3/t15-,16+/m0/s1. The largest absolute Gasteiger partial charge is 0.480 e. The van der Waals surface area contributed by atoms with E-state index in [2.05, 4.69) is 25.0 Å². The third kappa shape index (κ3) is 3.67. The van der Waals surface area contributed by atoms with Gasteiger partial charge in [-0.1, -0.05) is 6.07 Å². The Bertz CT molecular complexity index is 1620. The average Bonchev–Trinajstić information content (AvgIpc) is 3.54. The monoisotopic (exact) mass is 492 g/mol. The van der Waals surface area contributed by atoms with Gasteiger partial charge in [0.25, 0.3) is 0 Å². The Kier molecular flexibility index (Phi) is 5.02. The third-order valence-corrected chi connectivity index (χ3v) is 6.44. The van der Waals surface area contributed by atoms with Crippen LogP contribution in [0, 0.1) is 0 Å². The number of pyridine rings is 1. The number of rotatable bonds is 5. The molecule has 182 valence electrons. The molecule has 8 nitrogen and oxygen atoms in total. The van der Waals surface area contributed by atoms with Crippen molar-refractivity contribution in [3.63, 3.8) is 0 Å². The van der Waals surface area contributed by atoms with Crippen molar-refractivity contribution in [3.05, 3.63) is 71.8 Å². The van der Waals surface area contributed by atoms with Crippen molar-refractivity contribution in [3.8, 4) is 23.1 Å². The van der Waals surface area contributed by atoms with Crippen LogP contribution in [0.3, 0.4) is 0 Å². The fourth-order valence-electron chi connectivity index (χ4n) is 4.69. The summed E-state index contributed by atoms with van der Waals surface area (Å²) in [5.41, 5.74) is 2.90. The van der Waals surface area contributed by atoms with Crippen LogP contribution >= 0.6 is 0 Å². The second kappa shape index (κ2) is 8.14. The Morgan fingerprint density at radius 3 is 2.64 bits per heavy atom. The maximum atomic E-state index is 13.9. The molecule has 0 unspecified atom stereocenters. The number of methoxy groups -OCH3 is 2. The van der Waals surface area contributed by atoms with E-state index in [4.69, 9.17) is 9.47 Å². The molecule has 4 heterocycles. The molecule has 6 rings (SSSR count). The highest BCUT2D eigenvalue weighted by molar-refractivity contribution is 5.84. The quantitative estimate of drug-likeness (QED) is 0.340. The van der Waals surface area contributed by atoms with Gasteiger partial charge in [0.2, 0.25) is 5.88 Å². The van der Waals surface area contributed by atoms with Gasteiger partial charge in [-0.15, -0.1) is 0 Å². The number of alkyl halides is 3. The molecule has 0 amide bonds. The van der Waals surface area contributed by atoms with Crippen molar-refractivity contribution < 1.29 is 22.6 Å². The van der Waals surface area contributed by atoms with Crippen LogP contribution in [0.2, 0.25) is 0 Å². The minimum atomic E-state index is -4.48. The molecule has 1 fully saturated rings. The lowest BCUT2D eigenvalue weighted by Gasteiger charge is -2.13. The molecule has 0 spiro atoms. The number of imidazole rings is 1. The first-order valence-electron chi connectivity index (χ1n) is 11.1. The van der Waals surface area contributed by atoms with Gasteiger partial charge in [0, 0.05) is 35.7 Å². The third-order valence-electron chi connectivity index (χ3n) is 6.44. The Hall–Kier alpha value is -4.28. The summed E-state index contributed by atoms with van der Waals surface area (Å²) in [5, 5.41) is 4.72. The summed E-state index contributed by atoms with van der Waals surface area (Å²) in [7, 11) is 2.95. The smallest absolute Gasteiger partial charge is 0.417 e. The first kappa shape index (κ1) is 22.2. The summed E-state index contributed by atoms with van der Waals surface area (Å²) < 4.78 is 53.7. The predicted octanol–water partition coefficient (Wildman–Crippen LogP) is 5.04. The summed E-state index contributed by atoms with van der Waals surface area (Å²) in [6.45, 7) is 0. The topological polar surface area (TPSA) is 87.3 Å². The normalized spacial score (nSPS) is 17.5. The number of nitrogens with zero attached hydrogens (tertiary/aromatic N) is 6. The molecule has 1 aliphatic carbocycles. The Morgan fingerprint density at radius 2 is 1.86 bits per heavy atom. The van der Waals surface area contributed by atoms with Crippen LogP contribution < -0.4 is 9.47 Å². The maximum Gasteiger partial charge on any atom is 0.417 e. The minimum absolute atomic E-state index is 0.0379. The van der Waals surface area contributed by atoms with E-state index in [1.165, 1.54) is 38.6 Å². The fourth-order valence-corrected chi connectivity index (χ4v) is 4.69. The molecule has 36 heavy (non-hydrogen) atoms. The molecule has 2 atom stereocenters. The van der Waals surface area contributed by atoms with Crippen LogP contribution in [0.4, 0.5) is 13.2 Å². The summed E-state index contributed by atoms with van der Waals surface area (Å²) in [6, 6.07) is 8.01. The fraction of sp³-hybridized carbons (Fsp3) is 0.240. The second-order valence-electron chi connectivity index (χ2n) is 8.54. The van der Waals surface area contributed by atoms with Crippen molar-refractivity contribution in [1.82, 2.24) is 29.5 Å². The van der Waals surface area contributed by atoms with Crippen molar-refractivity contribution >= 4 is 16.6 Å². The molecule has 0 N–H and O–H groups in total. The van der Waals surface area contributed by atoms with E-state index < -0.39 is 11.7 Å². The minimum Gasteiger partial charge on any atom is -0.480 e. The molecule has 0 radical (unpaired) electrons. The molecule has 0 aliphatic heterocycles. The lowest BCUT2D eigenvalue weighted by atomic mass is 9.99. The van der Waals surface area contributed by atoms with Crippen LogP contribution in [0.15, 0.2) is 55.1 Å². The predicted molar refractivity (Wildman–Crippen MR) is 124 cm³/mol. The summed E-state index contributed by atoms with van der Waals surface area (Å²) >= 11 is 0. The van der Waals surface area contributed by atoms with Gasteiger partial charge in [0.1, 0.15) is 0 Å². The molecule has 11 heteroatoms. The van der Waals surface area contributed by atoms with Crippen molar-refractivity contribution in [2.24, 2.45) is 0 Å². The first-order valence-corrected chi connectivity index (χ1v) is 11.1. The Balaban J connectivity index is 1.44. The summed E-state index contributed by atoms with van der Waals surface area (Å²) in [4.78, 5) is 17.0. The first-order chi connectivity index (χ1) is 17.4. The van der Waals surface area contributed by atoms with Gasteiger partial charge >= 0.3 is 12.2 Å². The van der Waals surface area contributed by atoms with Gasteiger partial charge in [-0.05, 0) is 48.1 Å². The Morgan fingerprint density at radius 1 is 1.00 bits per heavy atom. The molecule has 1 aliphatic rings. The highest BCUT2D eigenvalue weighted by Gasteiger charge is 2.43. The molecule has 5 aromatic rings. The van der Waals surface area contributed by atoms with Crippen LogP contribution in [-0.4, -0.2) is 43.8 Å². The number of halogens is 3. The SMILES string of the molecule is COc1ncc(-c2cc([C@@H]3C[C@H]3c3cc(C(F)(F)F)c4cccnc4c3)c3nccn3n2)c(OC)n1. The van der Waals surface area contributed by atoms with E-state index in [0.29, 0.717) is 40.3 Å². The van der Waals surface area contributed by atoms with E-state index in [1.54, 1.807) is 29.2 Å². The van der Waals surface area contributed by atoms with E-state index in [-0.39, 0.29) is 23.2 Å². The number of fused-ring (bicyclic) bond motifs is 2. The van der Waals surface area contributed by atoms with Crippen LogP contribution in [-0.2, 0) is 6.18 Å². The molecule has 1 aromatic carbocycles. The number of aromatic nitrogens is 6. The highest BCUT2D eigenvalue weighted by atomic mass is 19.4. The zero-order valence-corrected chi connectivity index (χ0v) is 19.2. The van der Waals surface area contributed by atoms with Gasteiger partial charge < -0.3 is 9.47 Å². The lowest BCUT2D eigenvalue weighted by Crippen LogP contribution is -2.07. The summed E-state index contributed by atoms with van der Waals surface area (Å²) in [6.07, 6.45) is 2.62. The number of hydrogen-bond donors (Lipinski definition) is 0. The lowest BCUT2D eigenvalue weighted by molar-refractivity contribution is -0.136. The van der Waals surface area contributed by atoms with Crippen molar-refractivity contribution in [2.75, 3.05) is 14.2 Å². The number of ether oxygens (including phenoxy) is 2. The van der Waals surface area contributed by atoms with E-state index in [0.717, 1.165) is 5.56 Å². The van der Waals surface area contributed by atoms with E-state index >= 15 is 0 Å². The van der Waals surface area contributed by atoms with Crippen molar-refractivity contribution in [2.45, 2.75) is 24.4 Å². The second-order valence-corrected chi connectivity index (χ2v) is 8.54. The highest BCUT2D eigenvalue weighted by Crippen LogP contribution is 2.56. The zero-order valence-electron chi connectivity index (χ0n) is 19.2. The van der Waals surface area contributed by atoms with E-state index in [9.17, 15) is 13.2 Å². The van der Waals surface area contributed by atoms with Gasteiger partial charge in [-0.25, -0.2) is 14.5 Å². The van der Waals surface area contributed by atoms with Crippen LogP contribution in [0.5, 0.6) is 11.9 Å². The molecule has 0 bridgehead atoms. The van der Waals surface area contributed by atoms with Gasteiger partial charge in [-0.3, -0.25) is 4.98 Å². The number of hydrogen-bond acceptors (Lipinski definition) is 7. The average molecular weight is 492 g/mol. The summed E-state index contributed by atoms with van der Waals surface area (Å²) in [5.74, 6) is 0.147. The van der Waals surface area contributed by atoms with Gasteiger partial charge in [0.15, 0.2) is 5.65 Å². The van der Waals surface area contributed by atoms with E-state index in [1.807, 2.05) is 6.07 Å². The Labute approximate surface area is 202 Å². The van der Waals surface area contributed by atoms with Gasteiger partial charge in [0.05, 0.1) is 36.6 Å². The zero-order chi connectivity index (χ0) is 25.0. The molecular weight excluding hydrogens is 473 g/mol. The van der Waals surface area contributed by atoms with Crippen molar-refractivity contribution in [1.29, 1.82) is 0 Å². The molecule has 4 aromatic heterocycles. The van der Waals surface area contributed by atoms with Crippen LogP contribution in [0.1, 0.15) is 34.9 Å².